The van der Waals surface area contributed by atoms with Crippen molar-refractivity contribution in [1.29, 1.82) is 0 Å². The molecule has 31 heavy (non-hydrogen) atoms. The number of amides is 2. The van der Waals surface area contributed by atoms with Crippen molar-refractivity contribution in [2.75, 3.05) is 38.7 Å². The minimum absolute atomic E-state index is 0.0194. The normalized spacial score (nSPS) is 18.4. The first-order valence-corrected chi connectivity index (χ1v) is 11.1. The highest BCUT2D eigenvalue weighted by Crippen LogP contribution is 2.23. The summed E-state index contributed by atoms with van der Waals surface area (Å²) < 4.78 is 5.97. The van der Waals surface area contributed by atoms with E-state index < -0.39 is 0 Å². The summed E-state index contributed by atoms with van der Waals surface area (Å²) >= 11 is 0. The third-order valence-electron chi connectivity index (χ3n) is 5.95. The Hall–Kier alpha value is -3.02. The highest BCUT2D eigenvalue weighted by atomic mass is 16.5. The van der Waals surface area contributed by atoms with Crippen molar-refractivity contribution in [1.82, 2.24) is 10.2 Å². The van der Waals surface area contributed by atoms with Gasteiger partial charge in [-0.05, 0) is 74.2 Å². The molecule has 2 amide bonds. The summed E-state index contributed by atoms with van der Waals surface area (Å²) in [6.07, 6.45) is 4.19. The van der Waals surface area contributed by atoms with E-state index in [9.17, 15) is 9.59 Å². The van der Waals surface area contributed by atoms with E-state index in [0.29, 0.717) is 30.7 Å². The van der Waals surface area contributed by atoms with Gasteiger partial charge in [-0.2, -0.15) is 0 Å². The lowest BCUT2D eigenvalue weighted by Crippen LogP contribution is -2.41. The van der Waals surface area contributed by atoms with Gasteiger partial charge in [-0.15, -0.1) is 0 Å². The van der Waals surface area contributed by atoms with Crippen LogP contribution in [0.1, 0.15) is 46.4 Å². The molecular formula is C25H31N3O3. The summed E-state index contributed by atoms with van der Waals surface area (Å²) in [4.78, 5) is 29.0. The Morgan fingerprint density at radius 3 is 2.32 bits per heavy atom. The van der Waals surface area contributed by atoms with Gasteiger partial charge in [0.15, 0.2) is 0 Å². The average Bonchev–Trinajstić information content (AvgIpc) is 3.62. The molecule has 1 N–H and O–H groups in total. The average molecular weight is 422 g/mol. The van der Waals surface area contributed by atoms with Gasteiger partial charge >= 0.3 is 0 Å². The number of anilines is 1. The SMILES string of the molecule is CN(C)c1ccc(C(=O)N2CCC[C@@H](COc3ccc(C(=O)NC4CC4)cc3)C2)cc1. The van der Waals surface area contributed by atoms with Crippen LogP contribution in [-0.2, 0) is 0 Å². The molecule has 0 unspecified atom stereocenters. The van der Waals surface area contributed by atoms with Gasteiger partial charge in [0.1, 0.15) is 5.75 Å². The maximum atomic E-state index is 12.9. The van der Waals surface area contributed by atoms with Crippen molar-refractivity contribution in [3.05, 3.63) is 59.7 Å². The molecule has 0 aromatic heterocycles. The van der Waals surface area contributed by atoms with Crippen LogP contribution in [0.15, 0.2) is 48.5 Å². The first kappa shape index (κ1) is 21.2. The van der Waals surface area contributed by atoms with Crippen LogP contribution in [0.5, 0.6) is 5.75 Å². The van der Waals surface area contributed by atoms with Crippen LogP contribution in [0.2, 0.25) is 0 Å². The van der Waals surface area contributed by atoms with E-state index in [-0.39, 0.29) is 11.8 Å². The first-order valence-electron chi connectivity index (χ1n) is 11.1. The predicted octanol–water partition coefficient (Wildman–Crippen LogP) is 3.58. The lowest BCUT2D eigenvalue weighted by molar-refractivity contribution is 0.0633. The second-order valence-corrected chi connectivity index (χ2v) is 8.78. The van der Waals surface area contributed by atoms with Gasteiger partial charge in [-0.3, -0.25) is 9.59 Å². The van der Waals surface area contributed by atoms with Gasteiger partial charge in [-0.1, -0.05) is 0 Å². The molecule has 0 radical (unpaired) electrons. The van der Waals surface area contributed by atoms with E-state index in [1.165, 1.54) is 0 Å². The zero-order valence-corrected chi connectivity index (χ0v) is 18.3. The summed E-state index contributed by atoms with van der Waals surface area (Å²) in [5.74, 6) is 1.12. The molecule has 1 aliphatic carbocycles. The fourth-order valence-electron chi connectivity index (χ4n) is 3.88. The number of hydrogen-bond acceptors (Lipinski definition) is 4. The number of ether oxygens (including phenoxy) is 1. The second kappa shape index (κ2) is 9.41. The van der Waals surface area contributed by atoms with Crippen molar-refractivity contribution >= 4 is 17.5 Å². The summed E-state index contributed by atoms with van der Waals surface area (Å²) in [6.45, 7) is 2.06. The number of likely N-dealkylation sites (tertiary alicyclic amines) is 1. The fourth-order valence-corrected chi connectivity index (χ4v) is 3.88. The number of hydrogen-bond donors (Lipinski definition) is 1. The largest absolute Gasteiger partial charge is 0.493 e. The van der Waals surface area contributed by atoms with Gasteiger partial charge < -0.3 is 19.9 Å². The minimum atomic E-state index is -0.0194. The number of piperidine rings is 1. The van der Waals surface area contributed by atoms with E-state index >= 15 is 0 Å². The van der Waals surface area contributed by atoms with E-state index in [4.69, 9.17) is 4.74 Å². The Balaban J connectivity index is 1.28. The van der Waals surface area contributed by atoms with Crippen molar-refractivity contribution in [2.24, 2.45) is 5.92 Å². The second-order valence-electron chi connectivity index (χ2n) is 8.78. The summed E-state index contributed by atoms with van der Waals surface area (Å²) in [6, 6.07) is 15.4. The molecule has 4 rings (SSSR count). The molecule has 0 spiro atoms. The number of carbonyl (C=O) groups is 2. The van der Waals surface area contributed by atoms with E-state index in [1.807, 2.05) is 60.3 Å². The van der Waals surface area contributed by atoms with Crippen molar-refractivity contribution in [2.45, 2.75) is 31.7 Å². The van der Waals surface area contributed by atoms with Crippen molar-refractivity contribution in [3.63, 3.8) is 0 Å². The zero-order chi connectivity index (χ0) is 21.8. The van der Waals surface area contributed by atoms with Gasteiger partial charge in [0.05, 0.1) is 6.61 Å². The highest BCUT2D eigenvalue weighted by molar-refractivity contribution is 5.95. The number of nitrogens with one attached hydrogen (secondary N) is 1. The molecular weight excluding hydrogens is 390 g/mol. The van der Waals surface area contributed by atoms with Crippen LogP contribution in [0, 0.1) is 5.92 Å². The van der Waals surface area contributed by atoms with E-state index in [2.05, 4.69) is 5.32 Å². The Labute approximate surface area is 184 Å². The maximum Gasteiger partial charge on any atom is 0.253 e. The monoisotopic (exact) mass is 421 g/mol. The quantitative estimate of drug-likeness (QED) is 0.742. The smallest absolute Gasteiger partial charge is 0.253 e. The fraction of sp³-hybridized carbons (Fsp3) is 0.440. The summed E-state index contributed by atoms with van der Waals surface area (Å²) in [5, 5.41) is 2.99. The molecule has 2 aliphatic rings. The van der Waals surface area contributed by atoms with Crippen LogP contribution in [0.25, 0.3) is 0 Å². The zero-order valence-electron chi connectivity index (χ0n) is 18.3. The highest BCUT2D eigenvalue weighted by Gasteiger charge is 2.25. The molecule has 1 aliphatic heterocycles. The van der Waals surface area contributed by atoms with Crippen LogP contribution in [0.4, 0.5) is 5.69 Å². The third kappa shape index (κ3) is 5.57. The van der Waals surface area contributed by atoms with Crippen LogP contribution in [-0.4, -0.2) is 56.5 Å². The lowest BCUT2D eigenvalue weighted by atomic mass is 9.98. The Bertz CT molecular complexity index is 905. The van der Waals surface area contributed by atoms with Gasteiger partial charge in [0.25, 0.3) is 11.8 Å². The van der Waals surface area contributed by atoms with Gasteiger partial charge in [0, 0.05) is 56.0 Å². The van der Waals surface area contributed by atoms with Crippen LogP contribution >= 0.6 is 0 Å². The molecule has 0 bridgehead atoms. The van der Waals surface area contributed by atoms with E-state index in [1.54, 1.807) is 12.1 Å². The Kier molecular flexibility index (Phi) is 6.44. The summed E-state index contributed by atoms with van der Waals surface area (Å²) in [7, 11) is 3.98. The topological polar surface area (TPSA) is 61.9 Å². The minimum Gasteiger partial charge on any atom is -0.493 e. The van der Waals surface area contributed by atoms with Crippen molar-refractivity contribution < 1.29 is 14.3 Å². The lowest BCUT2D eigenvalue weighted by Gasteiger charge is -2.32. The molecule has 2 aromatic carbocycles. The number of rotatable bonds is 7. The number of benzene rings is 2. The maximum absolute atomic E-state index is 12.9. The molecule has 164 valence electrons. The molecule has 1 heterocycles. The predicted molar refractivity (Wildman–Crippen MR) is 122 cm³/mol. The van der Waals surface area contributed by atoms with Gasteiger partial charge in [-0.25, -0.2) is 0 Å². The van der Waals surface area contributed by atoms with Crippen LogP contribution < -0.4 is 15.0 Å². The third-order valence-corrected chi connectivity index (χ3v) is 5.95. The Morgan fingerprint density at radius 1 is 1.00 bits per heavy atom. The van der Waals surface area contributed by atoms with Crippen LogP contribution in [0.3, 0.4) is 0 Å². The first-order chi connectivity index (χ1) is 15.0. The number of carbonyl (C=O) groups excluding carboxylic acids is 2. The molecule has 2 fully saturated rings. The molecule has 1 saturated heterocycles. The molecule has 6 heteroatoms. The molecule has 1 saturated carbocycles. The standard InChI is InChI=1S/C25H31N3O3/c1-27(2)22-11-5-20(6-12-22)25(30)28-15-3-4-18(16-28)17-31-23-13-7-19(8-14-23)24(29)26-21-9-10-21/h5-8,11-14,18,21H,3-4,9-10,15-17H2,1-2H3,(H,26,29)/t18-/m1/s1. The summed E-state index contributed by atoms with van der Waals surface area (Å²) in [5.41, 5.74) is 2.47. The van der Waals surface area contributed by atoms with Crippen molar-refractivity contribution in [3.8, 4) is 5.75 Å². The van der Waals surface area contributed by atoms with E-state index in [0.717, 1.165) is 49.2 Å². The molecule has 2 aromatic rings. The van der Waals surface area contributed by atoms with Gasteiger partial charge in [0.2, 0.25) is 0 Å². The molecule has 1 atom stereocenters. The number of nitrogens with zero attached hydrogens (tertiary/aromatic N) is 2. The molecule has 6 nitrogen and oxygen atoms in total. The Morgan fingerprint density at radius 2 is 1.68 bits per heavy atom.